The quantitative estimate of drug-likeness (QED) is 0.711. The highest BCUT2D eigenvalue weighted by Gasteiger charge is 2.25. The second-order valence-electron chi connectivity index (χ2n) is 4.21. The Bertz CT molecular complexity index is 444. The van der Waals surface area contributed by atoms with Gasteiger partial charge in [-0.25, -0.2) is 4.39 Å². The largest absolute Gasteiger partial charge is 0.206 e. The standard InChI is InChI=1S/C12H13ClFN/c1-7-9(12(3,4)6-15)5-10(13)8(2)11(7)14/h5H,1-4H3. The van der Waals surface area contributed by atoms with E-state index in [2.05, 4.69) is 6.07 Å². The molecule has 0 aliphatic rings. The topological polar surface area (TPSA) is 23.8 Å². The van der Waals surface area contributed by atoms with Gasteiger partial charge in [-0.2, -0.15) is 5.26 Å². The number of nitriles is 1. The summed E-state index contributed by atoms with van der Waals surface area (Å²) in [6.07, 6.45) is 0. The van der Waals surface area contributed by atoms with E-state index in [4.69, 9.17) is 16.9 Å². The minimum atomic E-state index is -0.720. The monoisotopic (exact) mass is 225 g/mol. The van der Waals surface area contributed by atoms with Gasteiger partial charge in [0.2, 0.25) is 0 Å². The summed E-state index contributed by atoms with van der Waals surface area (Å²) in [4.78, 5) is 0. The minimum absolute atomic E-state index is 0.319. The molecule has 0 aromatic heterocycles. The molecule has 1 rings (SSSR count). The lowest BCUT2D eigenvalue weighted by Gasteiger charge is -2.20. The summed E-state index contributed by atoms with van der Waals surface area (Å²) < 4.78 is 13.7. The maximum Gasteiger partial charge on any atom is 0.130 e. The van der Waals surface area contributed by atoms with Gasteiger partial charge in [-0.3, -0.25) is 0 Å². The van der Waals surface area contributed by atoms with Crippen molar-refractivity contribution in [2.45, 2.75) is 33.1 Å². The Labute approximate surface area is 94.5 Å². The first-order valence-corrected chi connectivity index (χ1v) is 5.06. The van der Waals surface area contributed by atoms with Gasteiger partial charge in [0.05, 0.1) is 11.5 Å². The third-order valence-electron chi connectivity index (χ3n) is 2.64. The van der Waals surface area contributed by atoms with Crippen molar-refractivity contribution < 1.29 is 4.39 Å². The Morgan fingerprint density at radius 1 is 1.33 bits per heavy atom. The average Bonchev–Trinajstić information content (AvgIpc) is 2.20. The van der Waals surface area contributed by atoms with Crippen LogP contribution in [0, 0.1) is 31.0 Å². The van der Waals surface area contributed by atoms with Crippen molar-refractivity contribution in [1.29, 1.82) is 5.26 Å². The van der Waals surface area contributed by atoms with Gasteiger partial charge in [0.1, 0.15) is 5.82 Å². The smallest absolute Gasteiger partial charge is 0.130 e. The molecule has 1 aromatic carbocycles. The molecule has 0 amide bonds. The fourth-order valence-electron chi connectivity index (χ4n) is 1.56. The van der Waals surface area contributed by atoms with Crippen molar-refractivity contribution in [3.8, 4) is 6.07 Å². The zero-order valence-electron chi connectivity index (χ0n) is 9.28. The molecule has 0 saturated heterocycles. The van der Waals surface area contributed by atoms with Gasteiger partial charge in [0.25, 0.3) is 0 Å². The summed E-state index contributed by atoms with van der Waals surface area (Å²) in [6.45, 7) is 6.81. The molecule has 1 aromatic rings. The zero-order valence-corrected chi connectivity index (χ0v) is 10.0. The number of nitrogens with zero attached hydrogens (tertiary/aromatic N) is 1. The summed E-state index contributed by atoms with van der Waals surface area (Å²) in [6, 6.07) is 3.83. The van der Waals surface area contributed by atoms with Crippen molar-refractivity contribution >= 4 is 11.6 Å². The van der Waals surface area contributed by atoms with E-state index < -0.39 is 5.41 Å². The zero-order chi connectivity index (χ0) is 11.8. The Morgan fingerprint density at radius 3 is 2.33 bits per heavy atom. The molecule has 0 radical (unpaired) electrons. The molecule has 1 nitrogen and oxygen atoms in total. The number of hydrogen-bond donors (Lipinski definition) is 0. The van der Waals surface area contributed by atoms with E-state index in [1.807, 2.05) is 0 Å². The van der Waals surface area contributed by atoms with Crippen LogP contribution in [0.1, 0.15) is 30.5 Å². The van der Waals surface area contributed by atoms with E-state index in [1.165, 1.54) is 0 Å². The van der Waals surface area contributed by atoms with Gasteiger partial charge in [-0.1, -0.05) is 11.6 Å². The van der Waals surface area contributed by atoms with E-state index in [0.717, 1.165) is 0 Å². The molecule has 0 fully saturated rings. The van der Waals surface area contributed by atoms with E-state index in [0.29, 0.717) is 21.7 Å². The van der Waals surface area contributed by atoms with E-state index in [9.17, 15) is 4.39 Å². The van der Waals surface area contributed by atoms with E-state index >= 15 is 0 Å². The van der Waals surface area contributed by atoms with Gasteiger partial charge in [0, 0.05) is 10.6 Å². The van der Waals surface area contributed by atoms with Crippen molar-refractivity contribution in [2.24, 2.45) is 0 Å². The predicted octanol–water partition coefficient (Wildman–Crippen LogP) is 3.90. The highest BCUT2D eigenvalue weighted by Crippen LogP contribution is 2.32. The molecule has 0 spiro atoms. The predicted molar refractivity (Wildman–Crippen MR) is 59.5 cm³/mol. The number of benzene rings is 1. The van der Waals surface area contributed by atoms with Gasteiger partial charge >= 0.3 is 0 Å². The van der Waals surface area contributed by atoms with Gasteiger partial charge < -0.3 is 0 Å². The molecule has 15 heavy (non-hydrogen) atoms. The number of hydrogen-bond acceptors (Lipinski definition) is 1. The van der Waals surface area contributed by atoms with Crippen molar-refractivity contribution in [1.82, 2.24) is 0 Å². The summed E-state index contributed by atoms with van der Waals surface area (Å²) in [5, 5.41) is 9.38. The molecule has 0 atom stereocenters. The van der Waals surface area contributed by atoms with Crippen LogP contribution in [0.25, 0.3) is 0 Å². The van der Waals surface area contributed by atoms with Crippen molar-refractivity contribution in [3.05, 3.63) is 33.6 Å². The SMILES string of the molecule is Cc1c(Cl)cc(C(C)(C)C#N)c(C)c1F. The van der Waals surface area contributed by atoms with Crippen LogP contribution in [0.3, 0.4) is 0 Å². The normalized spacial score (nSPS) is 11.3. The molecule has 0 heterocycles. The Morgan fingerprint density at radius 2 is 1.87 bits per heavy atom. The van der Waals surface area contributed by atoms with Crippen LogP contribution < -0.4 is 0 Å². The third kappa shape index (κ3) is 1.98. The molecule has 3 heteroatoms. The van der Waals surface area contributed by atoms with Crippen LogP contribution in [0.4, 0.5) is 4.39 Å². The van der Waals surface area contributed by atoms with Crippen molar-refractivity contribution in [3.63, 3.8) is 0 Å². The van der Waals surface area contributed by atoms with Gasteiger partial charge in [-0.05, 0) is 44.9 Å². The van der Waals surface area contributed by atoms with Crippen LogP contribution in [-0.4, -0.2) is 0 Å². The molecule has 80 valence electrons. The second-order valence-corrected chi connectivity index (χ2v) is 4.61. The maximum atomic E-state index is 13.7. The van der Waals surface area contributed by atoms with E-state index in [-0.39, 0.29) is 5.82 Å². The van der Waals surface area contributed by atoms with Crippen LogP contribution in [0.2, 0.25) is 5.02 Å². The molecular formula is C12H13ClFN. The van der Waals surface area contributed by atoms with E-state index in [1.54, 1.807) is 33.8 Å². The van der Waals surface area contributed by atoms with Crippen LogP contribution in [0.15, 0.2) is 6.07 Å². The fraction of sp³-hybridized carbons (Fsp3) is 0.417. The minimum Gasteiger partial charge on any atom is -0.206 e. The first kappa shape index (κ1) is 12.0. The average molecular weight is 226 g/mol. The summed E-state index contributed by atoms with van der Waals surface area (Å²) in [5.74, 6) is -0.319. The van der Waals surface area contributed by atoms with Crippen LogP contribution in [0.5, 0.6) is 0 Å². The Balaban J connectivity index is 3.54. The van der Waals surface area contributed by atoms with Crippen molar-refractivity contribution in [2.75, 3.05) is 0 Å². The number of rotatable bonds is 1. The first-order valence-electron chi connectivity index (χ1n) is 4.68. The Kier molecular flexibility index (Phi) is 3.06. The third-order valence-corrected chi connectivity index (χ3v) is 3.04. The molecular weight excluding hydrogens is 213 g/mol. The highest BCUT2D eigenvalue weighted by molar-refractivity contribution is 6.31. The highest BCUT2D eigenvalue weighted by atomic mass is 35.5. The lowest BCUT2D eigenvalue weighted by Crippen LogP contribution is -2.17. The number of halogens is 2. The van der Waals surface area contributed by atoms with Gasteiger partial charge in [-0.15, -0.1) is 0 Å². The van der Waals surface area contributed by atoms with Gasteiger partial charge in [0.15, 0.2) is 0 Å². The molecule has 0 bridgehead atoms. The first-order chi connectivity index (χ1) is 6.81. The molecule has 0 aliphatic carbocycles. The fourth-order valence-corrected chi connectivity index (χ4v) is 1.75. The summed E-state index contributed by atoms with van der Waals surface area (Å²) >= 11 is 5.90. The van der Waals surface area contributed by atoms with Crippen LogP contribution >= 0.6 is 11.6 Å². The molecule has 0 aliphatic heterocycles. The second kappa shape index (κ2) is 3.83. The Hall–Kier alpha value is -1.07. The molecule has 0 N–H and O–H groups in total. The summed E-state index contributed by atoms with van der Waals surface area (Å²) in [7, 11) is 0. The lowest BCUT2D eigenvalue weighted by atomic mass is 9.83. The van der Waals surface area contributed by atoms with Crippen LogP contribution in [-0.2, 0) is 5.41 Å². The summed E-state index contributed by atoms with van der Waals surface area (Å²) in [5.41, 5.74) is 0.871. The lowest BCUT2D eigenvalue weighted by molar-refractivity contribution is 0.592. The molecule has 0 saturated carbocycles. The maximum absolute atomic E-state index is 13.7. The molecule has 0 unspecified atom stereocenters.